The van der Waals surface area contributed by atoms with Crippen molar-refractivity contribution >= 4 is 46.5 Å². The van der Waals surface area contributed by atoms with Gasteiger partial charge in [0, 0.05) is 36.4 Å². The number of amides is 3. The van der Waals surface area contributed by atoms with Gasteiger partial charge in [0.05, 0.1) is 12.5 Å². The Bertz CT molecular complexity index is 1470. The normalized spacial score (nSPS) is 13.7. The number of carbonyl (C=O) groups excluding carboxylic acids is 3. The molecule has 228 valence electrons. The second-order valence-corrected chi connectivity index (χ2v) is 9.91. The highest BCUT2D eigenvalue weighted by Crippen LogP contribution is 2.19. The smallest absolute Gasteiger partial charge is 0.326 e. The third kappa shape index (κ3) is 9.67. The number of carboxylic acids is 3. The Balaban J connectivity index is 1.80. The van der Waals surface area contributed by atoms with Crippen molar-refractivity contribution in [3.05, 3.63) is 71.9 Å². The van der Waals surface area contributed by atoms with Crippen LogP contribution in [0.5, 0.6) is 0 Å². The number of carboxylic acid groups (broad SMARTS) is 3. The van der Waals surface area contributed by atoms with Crippen molar-refractivity contribution in [2.24, 2.45) is 5.73 Å². The van der Waals surface area contributed by atoms with Crippen LogP contribution in [0.25, 0.3) is 10.9 Å². The van der Waals surface area contributed by atoms with Crippen LogP contribution in [0.1, 0.15) is 30.4 Å². The van der Waals surface area contributed by atoms with Crippen molar-refractivity contribution in [1.29, 1.82) is 0 Å². The van der Waals surface area contributed by atoms with Crippen LogP contribution in [-0.4, -0.2) is 80.1 Å². The summed E-state index contributed by atoms with van der Waals surface area (Å²) >= 11 is 0. The van der Waals surface area contributed by atoms with Crippen molar-refractivity contribution in [2.45, 2.75) is 56.3 Å². The molecule has 0 bridgehead atoms. The van der Waals surface area contributed by atoms with Crippen LogP contribution >= 0.6 is 0 Å². The maximum absolute atomic E-state index is 13.4. The highest BCUT2D eigenvalue weighted by atomic mass is 16.4. The molecule has 3 aromatic rings. The van der Waals surface area contributed by atoms with Crippen LogP contribution in [-0.2, 0) is 41.6 Å². The van der Waals surface area contributed by atoms with Crippen molar-refractivity contribution < 1.29 is 44.1 Å². The fourth-order valence-corrected chi connectivity index (χ4v) is 4.42. The van der Waals surface area contributed by atoms with E-state index in [1.807, 2.05) is 12.1 Å². The van der Waals surface area contributed by atoms with Gasteiger partial charge in [-0.25, -0.2) is 4.79 Å². The number of rotatable bonds is 16. The molecule has 9 N–H and O–H groups in total. The quantitative estimate of drug-likeness (QED) is 0.111. The zero-order valence-corrected chi connectivity index (χ0v) is 23.0. The Hall–Kier alpha value is -5.24. The van der Waals surface area contributed by atoms with Gasteiger partial charge < -0.3 is 42.0 Å². The van der Waals surface area contributed by atoms with Crippen LogP contribution in [0.4, 0.5) is 0 Å². The van der Waals surface area contributed by atoms with Gasteiger partial charge in [-0.05, 0) is 23.6 Å². The number of para-hydroxylation sites is 1. The number of H-pyrrole nitrogens is 1. The van der Waals surface area contributed by atoms with Crippen LogP contribution in [0, 0.1) is 0 Å². The maximum Gasteiger partial charge on any atom is 0.326 e. The molecule has 0 fully saturated rings. The van der Waals surface area contributed by atoms with Gasteiger partial charge in [0.25, 0.3) is 0 Å². The number of hydrogen-bond donors (Lipinski definition) is 8. The summed E-state index contributed by atoms with van der Waals surface area (Å²) in [7, 11) is 0. The predicted molar refractivity (Wildman–Crippen MR) is 153 cm³/mol. The van der Waals surface area contributed by atoms with Crippen LogP contribution in [0.2, 0.25) is 0 Å². The lowest BCUT2D eigenvalue weighted by Gasteiger charge is -2.25. The van der Waals surface area contributed by atoms with E-state index in [0.29, 0.717) is 11.1 Å². The number of nitrogens with two attached hydrogens (primary N) is 1. The molecule has 1 aromatic heterocycles. The van der Waals surface area contributed by atoms with E-state index in [0.717, 1.165) is 10.9 Å². The predicted octanol–water partition coefficient (Wildman–Crippen LogP) is 0.159. The Morgan fingerprint density at radius 3 is 1.98 bits per heavy atom. The molecule has 14 heteroatoms. The lowest BCUT2D eigenvalue weighted by molar-refractivity contribution is -0.143. The van der Waals surface area contributed by atoms with Gasteiger partial charge in [0.2, 0.25) is 17.7 Å². The van der Waals surface area contributed by atoms with Crippen molar-refractivity contribution in [1.82, 2.24) is 20.9 Å². The summed E-state index contributed by atoms with van der Waals surface area (Å²) in [4.78, 5) is 76.6. The van der Waals surface area contributed by atoms with E-state index in [9.17, 15) is 39.0 Å². The van der Waals surface area contributed by atoms with Gasteiger partial charge in [0.15, 0.2) is 0 Å². The van der Waals surface area contributed by atoms with Gasteiger partial charge in [0.1, 0.15) is 18.1 Å². The van der Waals surface area contributed by atoms with E-state index in [2.05, 4.69) is 20.9 Å². The Labute approximate surface area is 245 Å². The molecule has 0 aliphatic heterocycles. The molecule has 2 aromatic carbocycles. The van der Waals surface area contributed by atoms with E-state index in [1.54, 1.807) is 48.7 Å². The summed E-state index contributed by atoms with van der Waals surface area (Å²) in [5.74, 6) is -6.66. The highest BCUT2D eigenvalue weighted by molar-refractivity contribution is 5.95. The van der Waals surface area contributed by atoms with E-state index in [-0.39, 0.29) is 19.3 Å². The molecular formula is C29H33N5O9. The monoisotopic (exact) mass is 595 g/mol. The van der Waals surface area contributed by atoms with E-state index >= 15 is 0 Å². The van der Waals surface area contributed by atoms with Crippen molar-refractivity contribution in [3.8, 4) is 0 Å². The average molecular weight is 596 g/mol. The maximum atomic E-state index is 13.4. The minimum Gasteiger partial charge on any atom is -0.481 e. The van der Waals surface area contributed by atoms with E-state index < -0.39 is 72.6 Å². The third-order valence-corrected chi connectivity index (χ3v) is 6.64. The van der Waals surface area contributed by atoms with Gasteiger partial charge >= 0.3 is 17.9 Å². The average Bonchev–Trinajstić information content (AvgIpc) is 3.37. The third-order valence-electron chi connectivity index (χ3n) is 6.64. The first-order chi connectivity index (χ1) is 20.4. The number of aromatic amines is 1. The number of hydrogen-bond acceptors (Lipinski definition) is 7. The first-order valence-electron chi connectivity index (χ1n) is 13.4. The van der Waals surface area contributed by atoms with Gasteiger partial charge in [-0.15, -0.1) is 0 Å². The van der Waals surface area contributed by atoms with Crippen LogP contribution in [0.15, 0.2) is 60.8 Å². The minimum absolute atomic E-state index is 0.0657. The summed E-state index contributed by atoms with van der Waals surface area (Å²) in [6.45, 7) is 0. The highest BCUT2D eigenvalue weighted by Gasteiger charge is 2.31. The molecule has 3 amide bonds. The molecule has 0 aliphatic carbocycles. The number of nitrogens with one attached hydrogen (secondary N) is 4. The molecule has 4 atom stereocenters. The number of carbonyl (C=O) groups is 6. The molecule has 1 heterocycles. The molecule has 4 unspecified atom stereocenters. The van der Waals surface area contributed by atoms with Gasteiger partial charge in [-0.1, -0.05) is 48.5 Å². The Morgan fingerprint density at radius 1 is 0.721 bits per heavy atom. The molecule has 3 rings (SSSR count). The summed E-state index contributed by atoms with van der Waals surface area (Å²) < 4.78 is 0. The SMILES string of the molecule is NC(CC(=O)O)C(=O)NC(Cc1ccccc1)C(=O)NC(CCC(=O)O)C(=O)NC(Cc1c[nH]c2ccccc12)C(=O)O. The second kappa shape index (κ2) is 15.1. The van der Waals surface area contributed by atoms with Crippen LogP contribution < -0.4 is 21.7 Å². The molecule has 0 spiro atoms. The van der Waals surface area contributed by atoms with E-state index in [4.69, 9.17) is 10.8 Å². The van der Waals surface area contributed by atoms with Crippen LogP contribution in [0.3, 0.4) is 0 Å². The molecule has 0 saturated carbocycles. The van der Waals surface area contributed by atoms with Gasteiger partial charge in [-0.2, -0.15) is 0 Å². The summed E-state index contributed by atoms with van der Waals surface area (Å²) in [6, 6.07) is 10.0. The molecule has 0 radical (unpaired) electrons. The Kier molecular flexibility index (Phi) is 11.3. The Morgan fingerprint density at radius 2 is 1.33 bits per heavy atom. The zero-order valence-electron chi connectivity index (χ0n) is 23.0. The molecular weight excluding hydrogens is 562 g/mol. The fraction of sp³-hybridized carbons (Fsp3) is 0.310. The van der Waals surface area contributed by atoms with Crippen molar-refractivity contribution in [2.75, 3.05) is 0 Å². The lowest BCUT2D eigenvalue weighted by Crippen LogP contribution is -2.58. The first kappa shape index (κ1) is 32.3. The zero-order chi connectivity index (χ0) is 31.5. The van der Waals surface area contributed by atoms with Gasteiger partial charge in [-0.3, -0.25) is 24.0 Å². The topological polar surface area (TPSA) is 241 Å². The minimum atomic E-state index is -1.48. The molecule has 43 heavy (non-hydrogen) atoms. The second-order valence-electron chi connectivity index (χ2n) is 9.91. The summed E-state index contributed by atoms with van der Waals surface area (Å²) in [5, 5.41) is 36.0. The summed E-state index contributed by atoms with van der Waals surface area (Å²) in [6.07, 6.45) is -0.137. The lowest BCUT2D eigenvalue weighted by atomic mass is 10.0. The van der Waals surface area contributed by atoms with Crippen molar-refractivity contribution in [3.63, 3.8) is 0 Å². The molecule has 0 saturated heterocycles. The summed E-state index contributed by atoms with van der Waals surface area (Å²) in [5.41, 5.74) is 7.66. The molecule has 0 aliphatic rings. The van der Waals surface area contributed by atoms with E-state index in [1.165, 1.54) is 0 Å². The first-order valence-corrected chi connectivity index (χ1v) is 13.4. The standard InChI is InChI=1S/C29H33N5O9/c30-19(14-25(37)38)26(39)33-22(12-16-6-2-1-3-7-16)28(41)32-21(10-11-24(35)36)27(40)34-23(29(42)43)13-17-15-31-20-9-5-4-8-18(17)20/h1-9,15,19,21-23,31H,10-14,30H2,(H,32,41)(H,33,39)(H,34,40)(H,35,36)(H,37,38)(H,42,43). The number of benzene rings is 2. The largest absolute Gasteiger partial charge is 0.481 e. The number of fused-ring (bicyclic) bond motifs is 1. The fourth-order valence-electron chi connectivity index (χ4n) is 4.42. The number of aliphatic carboxylic acids is 3. The number of aromatic nitrogens is 1. The molecule has 14 nitrogen and oxygen atoms in total.